The van der Waals surface area contributed by atoms with Gasteiger partial charge in [0.05, 0.1) is 0 Å². The molecule has 0 saturated heterocycles. The van der Waals surface area contributed by atoms with Gasteiger partial charge >= 0.3 is 177 Å². The van der Waals surface area contributed by atoms with Crippen molar-refractivity contribution in [3.05, 3.63) is 36.5 Å². The maximum absolute atomic E-state index is 11.4. The molecule has 30 heavy (non-hydrogen) atoms. The van der Waals surface area contributed by atoms with Gasteiger partial charge in [0.2, 0.25) is 0 Å². The summed E-state index contributed by atoms with van der Waals surface area (Å²) in [6.07, 6.45) is 2.47. The van der Waals surface area contributed by atoms with Crippen LogP contribution in [0.25, 0.3) is 0 Å². The molecule has 7 nitrogen and oxygen atoms in total. The Balaban J connectivity index is 0. The molecule has 0 aliphatic heterocycles. The summed E-state index contributed by atoms with van der Waals surface area (Å²) in [5, 5.41) is 8.25. The number of carbonyl (C=O) groups is 3. The summed E-state index contributed by atoms with van der Waals surface area (Å²) in [6, 6.07) is 0. The molecular weight excluding hydrogens is 467 g/mol. The number of esters is 3. The van der Waals surface area contributed by atoms with E-state index in [9.17, 15) is 14.4 Å². The molecule has 0 spiro atoms. The van der Waals surface area contributed by atoms with E-state index in [1.807, 2.05) is 0 Å². The third-order valence-corrected chi connectivity index (χ3v) is 11.6. The molecule has 0 saturated carbocycles. The molecule has 0 aromatic carbocycles. The van der Waals surface area contributed by atoms with Crippen LogP contribution in [0.5, 0.6) is 0 Å². The first-order valence-corrected chi connectivity index (χ1v) is 15.1. The van der Waals surface area contributed by atoms with Crippen molar-refractivity contribution in [2.45, 2.75) is 52.4 Å². The molecule has 0 aromatic rings. The average Bonchev–Trinajstić information content (AvgIpc) is 2.71. The zero-order chi connectivity index (χ0) is 23.5. The summed E-state index contributed by atoms with van der Waals surface area (Å²) in [4.78, 5) is 34.3. The second-order valence-corrected chi connectivity index (χ2v) is 14.2. The summed E-state index contributed by atoms with van der Waals surface area (Å²) in [6.45, 7) is 16.8. The van der Waals surface area contributed by atoms with Gasteiger partial charge in [0.1, 0.15) is 0 Å². The average molecular weight is 504 g/mol. The molecule has 0 aliphatic carbocycles. The van der Waals surface area contributed by atoms with Crippen LogP contribution in [0, 0.1) is 0 Å². The van der Waals surface area contributed by atoms with Gasteiger partial charge in [-0.25, -0.2) is 0 Å². The van der Waals surface area contributed by atoms with Crippen molar-refractivity contribution in [2.75, 3.05) is 26.9 Å². The minimum Gasteiger partial charge on any atom is -0.857 e. The molecule has 0 aromatic heterocycles. The molecular formula is C22H36O7Zr. The van der Waals surface area contributed by atoms with Gasteiger partial charge in [-0.3, -0.25) is 0 Å². The fourth-order valence-electron chi connectivity index (χ4n) is 2.21. The molecule has 0 aliphatic rings. The Morgan fingerprint density at radius 2 is 0.867 bits per heavy atom. The van der Waals surface area contributed by atoms with Crippen molar-refractivity contribution < 1.29 is 55.5 Å². The maximum atomic E-state index is 11.4. The van der Waals surface area contributed by atoms with Crippen molar-refractivity contribution in [3.8, 4) is 0 Å². The Labute approximate surface area is 188 Å². The molecule has 8 heteroatoms. The molecule has 0 heterocycles. The summed E-state index contributed by atoms with van der Waals surface area (Å²) in [5.74, 6) is -1.07. The quantitative estimate of drug-likeness (QED) is 0.146. The monoisotopic (exact) mass is 502 g/mol. The van der Waals surface area contributed by atoms with Crippen LogP contribution in [-0.2, 0) is 50.3 Å². The molecule has 0 atom stereocenters. The van der Waals surface area contributed by atoms with Crippen LogP contribution in [0.3, 0.4) is 0 Å². The van der Waals surface area contributed by atoms with Gasteiger partial charge in [-0.1, -0.05) is 0 Å². The van der Waals surface area contributed by atoms with Crippen molar-refractivity contribution >= 4 is 17.9 Å². The van der Waals surface area contributed by atoms with E-state index >= 15 is 0 Å². The molecule has 0 amide bonds. The fourth-order valence-corrected chi connectivity index (χ4v) is 8.80. The number of ether oxygens (including phenoxy) is 3. The van der Waals surface area contributed by atoms with Gasteiger partial charge in [-0.05, 0) is 0 Å². The van der Waals surface area contributed by atoms with E-state index in [-0.39, 0.29) is 17.9 Å². The van der Waals surface area contributed by atoms with Crippen LogP contribution in [0.15, 0.2) is 36.5 Å². The second-order valence-electron chi connectivity index (χ2n) is 6.81. The Hall–Kier alpha value is -1.53. The third kappa shape index (κ3) is 17.3. The molecule has 0 unspecified atom stereocenters. The summed E-state index contributed by atoms with van der Waals surface area (Å²) in [5.41, 5.74) is 1.20. The second kappa shape index (κ2) is 19.4. The molecule has 0 N–H and O–H groups in total. The smallest absolute Gasteiger partial charge is 0.153 e. The van der Waals surface area contributed by atoms with Crippen molar-refractivity contribution in [1.29, 1.82) is 0 Å². The molecule has 0 bridgehead atoms. The Bertz CT molecular complexity index is 503. The molecule has 0 fully saturated rings. The van der Waals surface area contributed by atoms with Gasteiger partial charge < -0.3 is 5.11 Å². The van der Waals surface area contributed by atoms with Gasteiger partial charge in [-0.15, -0.1) is 0 Å². The van der Waals surface area contributed by atoms with Gasteiger partial charge in [-0.2, -0.15) is 7.11 Å². The number of hydrogen-bond acceptors (Lipinski definition) is 7. The Kier molecular flexibility index (Phi) is 19.9. The summed E-state index contributed by atoms with van der Waals surface area (Å²) in [7, 11) is 0.750. The van der Waals surface area contributed by atoms with Crippen LogP contribution in [-0.4, -0.2) is 44.8 Å². The molecule has 170 valence electrons. The van der Waals surface area contributed by atoms with Crippen LogP contribution < -0.4 is 5.11 Å². The summed E-state index contributed by atoms with van der Waals surface area (Å²) >= 11 is -1.76. The van der Waals surface area contributed by atoms with E-state index < -0.39 is 21.8 Å². The zero-order valence-electron chi connectivity index (χ0n) is 18.8. The first kappa shape index (κ1) is 30.7. The minimum absolute atomic E-state index is 0.358. The van der Waals surface area contributed by atoms with Crippen LogP contribution in [0.4, 0.5) is 0 Å². The van der Waals surface area contributed by atoms with Crippen LogP contribution >= 0.6 is 0 Å². The largest absolute Gasteiger partial charge is 0.857 e. The van der Waals surface area contributed by atoms with E-state index in [1.54, 1.807) is 20.8 Å². The van der Waals surface area contributed by atoms with Crippen molar-refractivity contribution in [1.82, 2.24) is 0 Å². The van der Waals surface area contributed by atoms with Crippen LogP contribution in [0.2, 0.25) is 12.4 Å². The number of carbonyl (C=O) groups excluding carboxylic acids is 3. The van der Waals surface area contributed by atoms with Crippen molar-refractivity contribution in [3.63, 3.8) is 0 Å². The predicted octanol–water partition coefficient (Wildman–Crippen LogP) is 3.36. The Morgan fingerprint density at radius 1 is 0.633 bits per heavy atom. The first-order chi connectivity index (χ1) is 14.1. The topological polar surface area (TPSA) is 102 Å². The summed E-state index contributed by atoms with van der Waals surface area (Å²) < 4.78 is 18.7. The van der Waals surface area contributed by atoms with E-state index in [0.29, 0.717) is 36.5 Å². The van der Waals surface area contributed by atoms with Crippen molar-refractivity contribution in [2.24, 2.45) is 0 Å². The van der Waals surface area contributed by atoms with E-state index in [2.05, 4.69) is 19.7 Å². The van der Waals surface area contributed by atoms with Gasteiger partial charge in [0.25, 0.3) is 0 Å². The van der Waals surface area contributed by atoms with Crippen LogP contribution in [0.1, 0.15) is 40.0 Å². The molecule has 0 radical (unpaired) electrons. The fraction of sp³-hybridized carbons (Fsp3) is 0.591. The first-order valence-electron chi connectivity index (χ1n) is 9.87. The maximum Gasteiger partial charge on any atom is -0.153 e. The van der Waals surface area contributed by atoms with Gasteiger partial charge in [0, 0.05) is 0 Å². The number of rotatable bonds is 15. The Morgan fingerprint density at radius 3 is 1.07 bits per heavy atom. The predicted molar refractivity (Wildman–Crippen MR) is 112 cm³/mol. The van der Waals surface area contributed by atoms with E-state index in [1.165, 1.54) is 0 Å². The van der Waals surface area contributed by atoms with Gasteiger partial charge in [0.15, 0.2) is 0 Å². The molecule has 0 rings (SSSR count). The SMILES string of the molecule is C=C(C)C(=O)OCC[CH2][Zr+]([CH2]CCOC(=O)C(=C)C)[CH2]CCOC(=O)C(=C)C.C[O-]. The number of hydrogen-bond donors (Lipinski definition) is 0. The standard InChI is InChI=1S/3C7H11O2.CH3O.Zr/c3*1-4-5-9-7(8)6(2)3;1-2;/h3*1-2,4-5H2,3H3;1H3;/q;;;-1;+1. The van der Waals surface area contributed by atoms with E-state index in [4.69, 9.17) is 19.3 Å². The zero-order valence-corrected chi connectivity index (χ0v) is 21.3. The third-order valence-electron chi connectivity index (χ3n) is 3.77. The van der Waals surface area contributed by atoms with E-state index in [0.717, 1.165) is 38.8 Å². The normalized spacial score (nSPS) is 9.50. The minimum atomic E-state index is -1.76.